The number of carbonyl (C=O) groups is 1. The van der Waals surface area contributed by atoms with Crippen molar-refractivity contribution in [2.45, 2.75) is 12.5 Å². The number of halogens is 1. The molecule has 2 heterocycles. The zero-order valence-corrected chi connectivity index (χ0v) is 13.6. The smallest absolute Gasteiger partial charge is 0.357 e. The van der Waals surface area contributed by atoms with E-state index >= 15 is 0 Å². The zero-order valence-electron chi connectivity index (χ0n) is 13.6. The number of β-amino-alcohol motifs (C(OH)–C–C–N with tert-alkyl or cyclic N) is 1. The van der Waals surface area contributed by atoms with E-state index in [0.29, 0.717) is 18.7 Å². The van der Waals surface area contributed by atoms with E-state index in [9.17, 15) is 19.6 Å². The average Bonchev–Trinajstić information content (AvgIpc) is 3.17. The van der Waals surface area contributed by atoms with Gasteiger partial charge >= 0.3 is 5.97 Å². The minimum absolute atomic E-state index is 0.0222. The Morgan fingerprint density at radius 3 is 2.88 bits per heavy atom. The Labute approximate surface area is 143 Å². The van der Waals surface area contributed by atoms with Gasteiger partial charge in [0.1, 0.15) is 11.9 Å². The summed E-state index contributed by atoms with van der Waals surface area (Å²) >= 11 is 0. The van der Waals surface area contributed by atoms with E-state index in [1.54, 1.807) is 11.0 Å². The summed E-state index contributed by atoms with van der Waals surface area (Å²) in [6.07, 6.45) is 1.36. The van der Waals surface area contributed by atoms with Crippen LogP contribution in [0.2, 0.25) is 0 Å². The molecule has 1 aromatic carbocycles. The van der Waals surface area contributed by atoms with Crippen LogP contribution in [0.1, 0.15) is 22.5 Å². The number of nitriles is 1. The van der Waals surface area contributed by atoms with E-state index in [1.807, 2.05) is 6.07 Å². The molecule has 1 fully saturated rings. The van der Waals surface area contributed by atoms with Gasteiger partial charge in [0.15, 0.2) is 5.69 Å². The van der Waals surface area contributed by atoms with Gasteiger partial charge in [-0.2, -0.15) is 5.26 Å². The van der Waals surface area contributed by atoms with Crippen molar-refractivity contribution in [2.75, 3.05) is 30.8 Å². The van der Waals surface area contributed by atoms with Crippen LogP contribution >= 0.6 is 0 Å². The van der Waals surface area contributed by atoms with E-state index in [2.05, 4.69) is 0 Å². The molecule has 0 aliphatic carbocycles. The number of aliphatic hydroxyl groups excluding tert-OH is 1. The molecule has 1 unspecified atom stereocenters. The maximum Gasteiger partial charge on any atom is 0.357 e. The van der Waals surface area contributed by atoms with Crippen LogP contribution in [0.3, 0.4) is 0 Å². The van der Waals surface area contributed by atoms with Crippen LogP contribution in [0.5, 0.6) is 0 Å². The second kappa shape index (κ2) is 6.45. The SMILES string of the molecule is COC(=O)c1c(N)c(C#N)cn1-c1cccc(F)c1N1CCC(O)C1. The van der Waals surface area contributed by atoms with E-state index in [1.165, 1.54) is 30.0 Å². The quantitative estimate of drug-likeness (QED) is 0.816. The van der Waals surface area contributed by atoms with Crippen LogP contribution in [-0.2, 0) is 4.74 Å². The highest BCUT2D eigenvalue weighted by Crippen LogP contribution is 2.34. The largest absolute Gasteiger partial charge is 0.464 e. The number of nitrogen functional groups attached to an aromatic ring is 1. The predicted molar refractivity (Wildman–Crippen MR) is 89.0 cm³/mol. The summed E-state index contributed by atoms with van der Waals surface area (Å²) in [5.74, 6) is -1.22. The molecule has 25 heavy (non-hydrogen) atoms. The zero-order chi connectivity index (χ0) is 18.1. The Morgan fingerprint density at radius 2 is 2.28 bits per heavy atom. The lowest BCUT2D eigenvalue weighted by molar-refractivity contribution is 0.0593. The Hall–Kier alpha value is -3.05. The van der Waals surface area contributed by atoms with Gasteiger partial charge in [0.25, 0.3) is 0 Å². The molecule has 1 aromatic heterocycles. The Morgan fingerprint density at radius 1 is 1.52 bits per heavy atom. The third kappa shape index (κ3) is 2.79. The molecule has 0 saturated carbocycles. The number of hydrogen-bond donors (Lipinski definition) is 2. The molecule has 2 aromatic rings. The number of benzene rings is 1. The van der Waals surface area contributed by atoms with E-state index in [0.717, 1.165) is 0 Å². The molecule has 1 atom stereocenters. The molecule has 8 heteroatoms. The Bertz CT molecular complexity index is 872. The molecular formula is C17H17FN4O3. The van der Waals surface area contributed by atoms with Crippen LogP contribution in [0.15, 0.2) is 24.4 Å². The average molecular weight is 344 g/mol. The van der Waals surface area contributed by atoms with Gasteiger partial charge in [0.2, 0.25) is 0 Å². The third-order valence-electron chi connectivity index (χ3n) is 4.25. The number of rotatable bonds is 3. The first-order valence-corrected chi connectivity index (χ1v) is 7.69. The van der Waals surface area contributed by atoms with E-state index in [4.69, 9.17) is 10.5 Å². The van der Waals surface area contributed by atoms with Crippen molar-refractivity contribution in [3.8, 4) is 11.8 Å². The lowest BCUT2D eigenvalue weighted by atomic mass is 10.2. The molecule has 1 saturated heterocycles. The number of anilines is 2. The summed E-state index contributed by atoms with van der Waals surface area (Å²) < 4.78 is 20.7. The third-order valence-corrected chi connectivity index (χ3v) is 4.25. The summed E-state index contributed by atoms with van der Waals surface area (Å²) in [6, 6.07) is 6.34. The topological polar surface area (TPSA) is 105 Å². The van der Waals surface area contributed by atoms with Gasteiger partial charge in [0, 0.05) is 19.3 Å². The van der Waals surface area contributed by atoms with Gasteiger partial charge < -0.3 is 25.0 Å². The number of methoxy groups -OCH3 is 1. The van der Waals surface area contributed by atoms with Crippen molar-refractivity contribution in [3.63, 3.8) is 0 Å². The number of esters is 1. The summed E-state index contributed by atoms with van der Waals surface area (Å²) in [5.41, 5.74) is 6.53. The maximum atomic E-state index is 14.6. The number of carbonyl (C=O) groups excluding carboxylic acids is 1. The fourth-order valence-corrected chi connectivity index (χ4v) is 3.06. The maximum absolute atomic E-state index is 14.6. The normalized spacial score (nSPS) is 16.7. The highest BCUT2D eigenvalue weighted by Gasteiger charge is 2.28. The Balaban J connectivity index is 2.23. The van der Waals surface area contributed by atoms with Crippen LogP contribution in [0, 0.1) is 17.1 Å². The lowest BCUT2D eigenvalue weighted by Crippen LogP contribution is -2.24. The highest BCUT2D eigenvalue weighted by molar-refractivity contribution is 5.96. The van der Waals surface area contributed by atoms with Crippen LogP contribution in [0.4, 0.5) is 15.8 Å². The van der Waals surface area contributed by atoms with Crippen molar-refractivity contribution in [1.29, 1.82) is 5.26 Å². The summed E-state index contributed by atoms with van der Waals surface area (Å²) in [5, 5.41) is 19.0. The van der Waals surface area contributed by atoms with Crippen molar-refractivity contribution in [2.24, 2.45) is 0 Å². The molecule has 0 bridgehead atoms. The van der Waals surface area contributed by atoms with Gasteiger partial charge in [-0.1, -0.05) is 6.07 Å². The van der Waals surface area contributed by atoms with Gasteiger partial charge in [-0.05, 0) is 18.6 Å². The predicted octanol–water partition coefficient (Wildman–Crippen LogP) is 1.43. The number of aliphatic hydroxyl groups is 1. The van der Waals surface area contributed by atoms with Crippen molar-refractivity contribution < 1.29 is 19.0 Å². The van der Waals surface area contributed by atoms with Gasteiger partial charge in [-0.25, -0.2) is 9.18 Å². The van der Waals surface area contributed by atoms with E-state index < -0.39 is 17.9 Å². The fourth-order valence-electron chi connectivity index (χ4n) is 3.06. The standard InChI is InChI=1S/C17H17FN4O3/c1-25-17(24)16-14(20)10(7-19)8-22(16)13-4-2-3-12(18)15(13)21-6-5-11(23)9-21/h2-4,8,11,23H,5-6,9,20H2,1H3. The number of hydrogen-bond acceptors (Lipinski definition) is 6. The second-order valence-electron chi connectivity index (χ2n) is 5.77. The van der Waals surface area contributed by atoms with Crippen LogP contribution in [-0.4, -0.2) is 41.9 Å². The molecule has 0 amide bonds. The van der Waals surface area contributed by atoms with Crippen molar-refractivity contribution in [1.82, 2.24) is 4.57 Å². The second-order valence-corrected chi connectivity index (χ2v) is 5.77. The summed E-state index contributed by atoms with van der Waals surface area (Å²) in [7, 11) is 1.20. The first kappa shape index (κ1) is 16.8. The lowest BCUT2D eigenvalue weighted by Gasteiger charge is -2.23. The van der Waals surface area contributed by atoms with Crippen molar-refractivity contribution in [3.05, 3.63) is 41.5 Å². The summed E-state index contributed by atoms with van der Waals surface area (Å²) in [6.45, 7) is 0.758. The number of ether oxygens (including phenoxy) is 1. The molecular weight excluding hydrogens is 327 g/mol. The molecule has 0 spiro atoms. The first-order valence-electron chi connectivity index (χ1n) is 7.69. The van der Waals surface area contributed by atoms with Crippen LogP contribution < -0.4 is 10.6 Å². The molecule has 7 nitrogen and oxygen atoms in total. The molecule has 0 radical (unpaired) electrons. The molecule has 1 aliphatic heterocycles. The number of nitrogens with two attached hydrogens (primary N) is 1. The Kier molecular flexibility index (Phi) is 4.33. The molecule has 130 valence electrons. The van der Waals surface area contributed by atoms with Gasteiger partial charge in [-0.15, -0.1) is 0 Å². The van der Waals surface area contributed by atoms with Crippen molar-refractivity contribution >= 4 is 17.3 Å². The first-order chi connectivity index (χ1) is 12.0. The monoisotopic (exact) mass is 344 g/mol. The highest BCUT2D eigenvalue weighted by atomic mass is 19.1. The van der Waals surface area contributed by atoms with E-state index in [-0.39, 0.29) is 29.2 Å². The van der Waals surface area contributed by atoms with Gasteiger partial charge in [-0.3, -0.25) is 0 Å². The number of nitrogens with zero attached hydrogens (tertiary/aromatic N) is 3. The minimum Gasteiger partial charge on any atom is -0.464 e. The van der Waals surface area contributed by atoms with Crippen LogP contribution in [0.25, 0.3) is 5.69 Å². The summed E-state index contributed by atoms with van der Waals surface area (Å²) in [4.78, 5) is 13.9. The minimum atomic E-state index is -0.726. The molecule has 3 N–H and O–H groups in total. The number of para-hydroxylation sites is 1. The molecule has 1 aliphatic rings. The molecule has 3 rings (SSSR count). The number of aromatic nitrogens is 1. The fraction of sp³-hybridized carbons (Fsp3) is 0.294. The van der Waals surface area contributed by atoms with Gasteiger partial charge in [0.05, 0.1) is 35.8 Å².